The van der Waals surface area contributed by atoms with Gasteiger partial charge in [0.05, 0.1) is 23.0 Å². The molecular weight excluding hydrogens is 482 g/mol. The van der Waals surface area contributed by atoms with Gasteiger partial charge in [-0.1, -0.05) is 17.7 Å². The SMILES string of the molecule is COc1cc2c(cc1Br)-c1c(c(C(=O)N(C)C(C)(C)C)nn1-c1cccc(Cl)c1)CO2. The van der Waals surface area contributed by atoms with Gasteiger partial charge in [0.25, 0.3) is 5.91 Å². The fraction of sp³-hybridized carbons (Fsp3) is 0.304. The van der Waals surface area contributed by atoms with Gasteiger partial charge in [0, 0.05) is 34.8 Å². The molecule has 4 rings (SSSR count). The zero-order valence-electron chi connectivity index (χ0n) is 18.0. The standard InChI is InChI=1S/C23H23BrClN3O3/c1-23(2,3)27(4)22(29)20-16-12-31-18-11-19(30-5)17(24)10-15(18)21(16)28(26-20)14-8-6-7-13(25)9-14/h6-11H,12H2,1-5H3. The maximum Gasteiger partial charge on any atom is 0.274 e. The number of hydrogen-bond acceptors (Lipinski definition) is 4. The third kappa shape index (κ3) is 3.81. The Morgan fingerprint density at radius 1 is 1.29 bits per heavy atom. The molecule has 2 aromatic carbocycles. The van der Waals surface area contributed by atoms with Crippen LogP contribution in [0.15, 0.2) is 40.9 Å². The smallest absolute Gasteiger partial charge is 0.274 e. The lowest BCUT2D eigenvalue weighted by molar-refractivity contribution is 0.0646. The molecule has 1 aliphatic rings. The molecular formula is C23H23BrClN3O3. The summed E-state index contributed by atoms with van der Waals surface area (Å²) in [5.74, 6) is 1.17. The topological polar surface area (TPSA) is 56.6 Å². The fourth-order valence-corrected chi connectivity index (χ4v) is 4.13. The van der Waals surface area contributed by atoms with Gasteiger partial charge in [-0.15, -0.1) is 0 Å². The molecule has 0 unspecified atom stereocenters. The van der Waals surface area contributed by atoms with Crippen LogP contribution in [0.25, 0.3) is 16.9 Å². The summed E-state index contributed by atoms with van der Waals surface area (Å²) < 4.78 is 14.0. The molecule has 31 heavy (non-hydrogen) atoms. The predicted octanol–water partition coefficient (Wildman–Crippen LogP) is 5.73. The number of benzene rings is 2. The van der Waals surface area contributed by atoms with Gasteiger partial charge in [0.2, 0.25) is 0 Å². The van der Waals surface area contributed by atoms with E-state index in [2.05, 4.69) is 15.9 Å². The highest BCUT2D eigenvalue weighted by atomic mass is 79.9. The van der Waals surface area contributed by atoms with E-state index in [0.717, 1.165) is 27.0 Å². The monoisotopic (exact) mass is 503 g/mol. The van der Waals surface area contributed by atoms with Crippen LogP contribution in [0.1, 0.15) is 36.8 Å². The maximum absolute atomic E-state index is 13.4. The average molecular weight is 505 g/mol. The van der Waals surface area contributed by atoms with E-state index < -0.39 is 0 Å². The van der Waals surface area contributed by atoms with Crippen molar-refractivity contribution in [1.29, 1.82) is 0 Å². The number of halogens is 2. The summed E-state index contributed by atoms with van der Waals surface area (Å²) >= 11 is 9.82. The highest BCUT2D eigenvalue weighted by molar-refractivity contribution is 9.10. The van der Waals surface area contributed by atoms with Crippen LogP contribution in [-0.2, 0) is 6.61 Å². The molecule has 0 bridgehead atoms. The first-order chi connectivity index (χ1) is 14.6. The van der Waals surface area contributed by atoms with Gasteiger partial charge in [-0.2, -0.15) is 5.10 Å². The Morgan fingerprint density at radius 3 is 2.68 bits per heavy atom. The minimum Gasteiger partial charge on any atom is -0.495 e. The van der Waals surface area contributed by atoms with E-state index in [0.29, 0.717) is 22.2 Å². The van der Waals surface area contributed by atoms with E-state index in [1.54, 1.807) is 29.8 Å². The maximum atomic E-state index is 13.4. The number of amides is 1. The van der Waals surface area contributed by atoms with Crippen molar-refractivity contribution in [3.8, 4) is 28.4 Å². The Bertz CT molecular complexity index is 1180. The van der Waals surface area contributed by atoms with Crippen molar-refractivity contribution < 1.29 is 14.3 Å². The predicted molar refractivity (Wildman–Crippen MR) is 124 cm³/mol. The zero-order chi connectivity index (χ0) is 22.5. The third-order valence-electron chi connectivity index (χ3n) is 5.43. The number of hydrogen-bond donors (Lipinski definition) is 0. The van der Waals surface area contributed by atoms with Gasteiger partial charge in [-0.05, 0) is 61.0 Å². The Balaban J connectivity index is 1.98. The summed E-state index contributed by atoms with van der Waals surface area (Å²) in [7, 11) is 3.39. The van der Waals surface area contributed by atoms with Gasteiger partial charge in [0.1, 0.15) is 18.1 Å². The minimum absolute atomic E-state index is 0.163. The normalized spacial score (nSPS) is 12.6. The molecule has 1 aliphatic heterocycles. The molecule has 2 heterocycles. The van der Waals surface area contributed by atoms with Crippen LogP contribution in [-0.4, -0.2) is 40.3 Å². The van der Waals surface area contributed by atoms with Gasteiger partial charge < -0.3 is 14.4 Å². The lowest BCUT2D eigenvalue weighted by Gasteiger charge is -2.31. The van der Waals surface area contributed by atoms with Crippen molar-refractivity contribution in [2.75, 3.05) is 14.2 Å². The Hall–Kier alpha value is -2.51. The average Bonchev–Trinajstić information content (AvgIpc) is 3.11. The van der Waals surface area contributed by atoms with E-state index in [1.165, 1.54) is 0 Å². The summed E-state index contributed by atoms with van der Waals surface area (Å²) in [5, 5.41) is 5.34. The minimum atomic E-state index is -0.354. The fourth-order valence-electron chi connectivity index (χ4n) is 3.44. The molecule has 0 fully saturated rings. The zero-order valence-corrected chi connectivity index (χ0v) is 20.3. The summed E-state index contributed by atoms with van der Waals surface area (Å²) in [6.45, 7) is 6.19. The van der Waals surface area contributed by atoms with E-state index in [4.69, 9.17) is 26.2 Å². The van der Waals surface area contributed by atoms with Gasteiger partial charge in [-0.3, -0.25) is 4.79 Å². The molecule has 3 aromatic rings. The lowest BCUT2D eigenvalue weighted by atomic mass is 10.0. The van der Waals surface area contributed by atoms with Crippen LogP contribution in [0.5, 0.6) is 11.5 Å². The van der Waals surface area contributed by atoms with E-state index in [9.17, 15) is 4.79 Å². The largest absolute Gasteiger partial charge is 0.495 e. The van der Waals surface area contributed by atoms with Gasteiger partial charge >= 0.3 is 0 Å². The van der Waals surface area contributed by atoms with Crippen molar-refractivity contribution >= 4 is 33.4 Å². The molecule has 8 heteroatoms. The number of ether oxygens (including phenoxy) is 2. The second-order valence-corrected chi connectivity index (χ2v) is 9.66. The first-order valence-corrected chi connectivity index (χ1v) is 11.0. The molecule has 0 saturated heterocycles. The number of carbonyl (C=O) groups is 1. The van der Waals surface area contributed by atoms with Crippen molar-refractivity contribution in [2.24, 2.45) is 0 Å². The Labute approximate surface area is 194 Å². The van der Waals surface area contributed by atoms with E-state index >= 15 is 0 Å². The summed E-state index contributed by atoms with van der Waals surface area (Å²) in [4.78, 5) is 15.1. The van der Waals surface area contributed by atoms with Crippen LogP contribution < -0.4 is 9.47 Å². The van der Waals surface area contributed by atoms with Gasteiger partial charge in [0.15, 0.2) is 5.69 Å². The second-order valence-electron chi connectivity index (χ2n) is 8.37. The van der Waals surface area contributed by atoms with Crippen molar-refractivity contribution in [2.45, 2.75) is 32.9 Å². The van der Waals surface area contributed by atoms with E-state index in [1.807, 2.05) is 51.1 Å². The molecule has 0 saturated carbocycles. The van der Waals surface area contributed by atoms with Crippen molar-refractivity contribution in [1.82, 2.24) is 14.7 Å². The van der Waals surface area contributed by atoms with Crippen LogP contribution >= 0.6 is 27.5 Å². The highest BCUT2D eigenvalue weighted by Crippen LogP contribution is 2.45. The molecule has 0 spiro atoms. The van der Waals surface area contributed by atoms with Crippen LogP contribution in [0.4, 0.5) is 0 Å². The Kier molecular flexibility index (Phi) is 5.52. The molecule has 0 radical (unpaired) electrons. The summed E-state index contributed by atoms with van der Waals surface area (Å²) in [6.07, 6.45) is 0. The summed E-state index contributed by atoms with van der Waals surface area (Å²) in [5.41, 5.74) is 3.14. The third-order valence-corrected chi connectivity index (χ3v) is 6.29. The molecule has 0 aliphatic carbocycles. The number of methoxy groups -OCH3 is 1. The molecule has 6 nitrogen and oxygen atoms in total. The van der Waals surface area contributed by atoms with Crippen LogP contribution in [0.2, 0.25) is 5.02 Å². The highest BCUT2D eigenvalue weighted by Gasteiger charge is 2.34. The molecule has 0 N–H and O–H groups in total. The Morgan fingerprint density at radius 2 is 2.03 bits per heavy atom. The molecule has 1 aromatic heterocycles. The molecule has 1 amide bonds. The first-order valence-electron chi connectivity index (χ1n) is 9.78. The quantitative estimate of drug-likeness (QED) is 0.457. The van der Waals surface area contributed by atoms with Crippen LogP contribution in [0, 0.1) is 0 Å². The van der Waals surface area contributed by atoms with Crippen molar-refractivity contribution in [3.05, 3.63) is 57.2 Å². The van der Waals surface area contributed by atoms with Crippen molar-refractivity contribution in [3.63, 3.8) is 0 Å². The summed E-state index contributed by atoms with van der Waals surface area (Å²) in [6, 6.07) is 11.2. The number of carbonyl (C=O) groups excluding carboxylic acids is 1. The lowest BCUT2D eigenvalue weighted by Crippen LogP contribution is -2.43. The first kappa shape index (κ1) is 21.7. The van der Waals surface area contributed by atoms with Crippen LogP contribution in [0.3, 0.4) is 0 Å². The second kappa shape index (κ2) is 7.88. The molecule has 162 valence electrons. The molecule has 0 atom stereocenters. The van der Waals surface area contributed by atoms with E-state index in [-0.39, 0.29) is 18.1 Å². The number of nitrogens with zero attached hydrogens (tertiary/aromatic N) is 3. The number of rotatable bonds is 3. The number of aromatic nitrogens is 2. The van der Waals surface area contributed by atoms with Gasteiger partial charge in [-0.25, -0.2) is 4.68 Å². The number of fused-ring (bicyclic) bond motifs is 3.